The third kappa shape index (κ3) is 5.85. The van der Waals surface area contributed by atoms with Crippen molar-refractivity contribution in [1.29, 1.82) is 0 Å². The third-order valence-corrected chi connectivity index (χ3v) is 3.06. The number of methoxy groups -OCH3 is 1. The van der Waals surface area contributed by atoms with Crippen LogP contribution in [0, 0.1) is 5.92 Å². The molecule has 1 rings (SSSR count). The van der Waals surface area contributed by atoms with E-state index < -0.39 is 0 Å². The van der Waals surface area contributed by atoms with Crippen LogP contribution in [0.2, 0.25) is 0 Å². The summed E-state index contributed by atoms with van der Waals surface area (Å²) in [6.45, 7) is 4.99. The fourth-order valence-electron chi connectivity index (χ4n) is 2.05. The van der Waals surface area contributed by atoms with Crippen LogP contribution < -0.4 is 5.73 Å². The first-order valence-corrected chi connectivity index (χ1v) is 6.71. The van der Waals surface area contributed by atoms with E-state index in [1.807, 2.05) is 25.1 Å². The molecule has 0 aliphatic carbocycles. The monoisotopic (exact) mass is 264 g/mol. The maximum atomic E-state index is 11.5. The van der Waals surface area contributed by atoms with Gasteiger partial charge in [0.2, 0.25) is 0 Å². The van der Waals surface area contributed by atoms with Gasteiger partial charge in [0.05, 0.1) is 13.0 Å². The van der Waals surface area contributed by atoms with Crippen LogP contribution in [0.4, 0.5) is 0 Å². The molecule has 1 aromatic carbocycles. The molecule has 19 heavy (non-hydrogen) atoms. The highest BCUT2D eigenvalue weighted by Gasteiger charge is 2.17. The van der Waals surface area contributed by atoms with Gasteiger partial charge in [-0.25, -0.2) is 0 Å². The third-order valence-electron chi connectivity index (χ3n) is 3.06. The Labute approximate surface area is 115 Å². The van der Waals surface area contributed by atoms with Gasteiger partial charge in [-0.05, 0) is 25.1 Å². The van der Waals surface area contributed by atoms with Crippen LogP contribution in [0.25, 0.3) is 0 Å². The molecule has 0 saturated carbocycles. The summed E-state index contributed by atoms with van der Waals surface area (Å²) < 4.78 is 4.78. The van der Waals surface area contributed by atoms with E-state index in [0.29, 0.717) is 13.1 Å². The largest absolute Gasteiger partial charge is 0.469 e. The molecule has 0 aliphatic heterocycles. The second-order valence-corrected chi connectivity index (χ2v) is 4.79. The highest BCUT2D eigenvalue weighted by Crippen LogP contribution is 2.09. The Hall–Kier alpha value is -1.39. The van der Waals surface area contributed by atoms with E-state index in [2.05, 4.69) is 17.0 Å². The summed E-state index contributed by atoms with van der Waals surface area (Å²) in [5, 5.41) is 0. The quantitative estimate of drug-likeness (QED) is 0.725. The zero-order chi connectivity index (χ0) is 14.1. The molecule has 0 spiro atoms. The first-order valence-electron chi connectivity index (χ1n) is 6.71. The molecule has 0 aliphatic rings. The summed E-state index contributed by atoms with van der Waals surface area (Å²) in [5.74, 6) is -0.280. The Morgan fingerprint density at radius 3 is 2.63 bits per heavy atom. The number of nitrogens with zero attached hydrogens (tertiary/aromatic N) is 1. The number of hydrogen-bond donors (Lipinski definition) is 1. The molecule has 0 amide bonds. The standard InChI is InChI=1S/C15H24N2O2/c1-13(15(18)19-2)11-17(10-6-9-16)12-14-7-4-3-5-8-14/h3-5,7-8,13H,6,9-12,16H2,1-2H3. The number of esters is 1. The van der Waals surface area contributed by atoms with Gasteiger partial charge in [0.25, 0.3) is 0 Å². The second kappa shape index (κ2) is 8.67. The Balaban J connectivity index is 2.58. The van der Waals surface area contributed by atoms with Gasteiger partial charge in [-0.15, -0.1) is 0 Å². The fourth-order valence-corrected chi connectivity index (χ4v) is 2.05. The van der Waals surface area contributed by atoms with Crippen molar-refractivity contribution in [3.63, 3.8) is 0 Å². The molecule has 0 bridgehead atoms. The fraction of sp³-hybridized carbons (Fsp3) is 0.533. The summed E-state index contributed by atoms with van der Waals surface area (Å²) in [7, 11) is 1.43. The van der Waals surface area contributed by atoms with Gasteiger partial charge >= 0.3 is 5.97 Å². The van der Waals surface area contributed by atoms with Crippen LogP contribution in [0.5, 0.6) is 0 Å². The van der Waals surface area contributed by atoms with E-state index in [9.17, 15) is 4.79 Å². The second-order valence-electron chi connectivity index (χ2n) is 4.79. The average Bonchev–Trinajstić information content (AvgIpc) is 2.44. The van der Waals surface area contributed by atoms with E-state index in [-0.39, 0.29) is 11.9 Å². The number of benzene rings is 1. The van der Waals surface area contributed by atoms with Crippen molar-refractivity contribution in [2.24, 2.45) is 11.7 Å². The number of hydrogen-bond acceptors (Lipinski definition) is 4. The van der Waals surface area contributed by atoms with Crippen LogP contribution >= 0.6 is 0 Å². The molecule has 0 saturated heterocycles. The molecule has 0 fully saturated rings. The van der Waals surface area contributed by atoms with E-state index >= 15 is 0 Å². The number of ether oxygens (including phenoxy) is 1. The van der Waals surface area contributed by atoms with E-state index in [0.717, 1.165) is 19.5 Å². The van der Waals surface area contributed by atoms with Gasteiger partial charge in [-0.1, -0.05) is 37.3 Å². The van der Waals surface area contributed by atoms with Crippen molar-refractivity contribution < 1.29 is 9.53 Å². The topological polar surface area (TPSA) is 55.6 Å². The SMILES string of the molecule is COC(=O)C(C)CN(CCCN)Cc1ccccc1. The first-order chi connectivity index (χ1) is 9.17. The molecule has 2 N–H and O–H groups in total. The molecular weight excluding hydrogens is 240 g/mol. The van der Waals surface area contributed by atoms with Crippen LogP contribution in [0.1, 0.15) is 18.9 Å². The Morgan fingerprint density at radius 2 is 2.05 bits per heavy atom. The van der Waals surface area contributed by atoms with Crippen LogP contribution in [-0.4, -0.2) is 37.6 Å². The minimum absolute atomic E-state index is 0.119. The van der Waals surface area contributed by atoms with Gasteiger partial charge < -0.3 is 10.5 Å². The van der Waals surface area contributed by atoms with E-state index in [4.69, 9.17) is 10.5 Å². The van der Waals surface area contributed by atoms with Gasteiger partial charge in [0, 0.05) is 13.1 Å². The van der Waals surface area contributed by atoms with Crippen molar-refractivity contribution in [3.8, 4) is 0 Å². The molecule has 0 aromatic heterocycles. The van der Waals surface area contributed by atoms with E-state index in [1.54, 1.807) is 0 Å². The van der Waals surface area contributed by atoms with Gasteiger partial charge in [-0.2, -0.15) is 0 Å². The predicted octanol–water partition coefficient (Wildman–Crippen LogP) is 1.65. The highest BCUT2D eigenvalue weighted by molar-refractivity contribution is 5.72. The number of carbonyl (C=O) groups excluding carboxylic acids is 1. The summed E-state index contributed by atoms with van der Waals surface area (Å²) in [5.41, 5.74) is 6.82. The summed E-state index contributed by atoms with van der Waals surface area (Å²) in [6, 6.07) is 10.3. The smallest absolute Gasteiger partial charge is 0.309 e. The van der Waals surface area contributed by atoms with Crippen molar-refractivity contribution in [1.82, 2.24) is 4.90 Å². The first kappa shape index (κ1) is 15.7. The van der Waals surface area contributed by atoms with Gasteiger partial charge in [-0.3, -0.25) is 9.69 Å². The zero-order valence-electron chi connectivity index (χ0n) is 11.8. The number of nitrogens with two attached hydrogens (primary N) is 1. The predicted molar refractivity (Wildman–Crippen MR) is 76.6 cm³/mol. The Bertz CT molecular complexity index is 368. The summed E-state index contributed by atoms with van der Waals surface area (Å²) in [6.07, 6.45) is 0.931. The van der Waals surface area contributed by atoms with Crippen LogP contribution in [0.15, 0.2) is 30.3 Å². The molecule has 0 radical (unpaired) electrons. The Morgan fingerprint density at radius 1 is 1.37 bits per heavy atom. The van der Waals surface area contributed by atoms with Crippen molar-refractivity contribution >= 4 is 5.97 Å². The lowest BCUT2D eigenvalue weighted by molar-refractivity contribution is -0.145. The summed E-state index contributed by atoms with van der Waals surface area (Å²) in [4.78, 5) is 13.8. The minimum atomic E-state index is -0.161. The van der Waals surface area contributed by atoms with Crippen molar-refractivity contribution in [2.75, 3.05) is 26.7 Å². The lowest BCUT2D eigenvalue weighted by atomic mass is 10.1. The normalized spacial score (nSPS) is 12.4. The lowest BCUT2D eigenvalue weighted by Crippen LogP contribution is -2.33. The average molecular weight is 264 g/mol. The van der Waals surface area contributed by atoms with Crippen LogP contribution in [0.3, 0.4) is 0 Å². The summed E-state index contributed by atoms with van der Waals surface area (Å²) >= 11 is 0. The molecule has 1 unspecified atom stereocenters. The molecule has 106 valence electrons. The molecule has 0 heterocycles. The highest BCUT2D eigenvalue weighted by atomic mass is 16.5. The van der Waals surface area contributed by atoms with Gasteiger partial charge in [0.15, 0.2) is 0 Å². The molecule has 4 heteroatoms. The molecule has 4 nitrogen and oxygen atoms in total. The zero-order valence-corrected chi connectivity index (χ0v) is 11.8. The van der Waals surface area contributed by atoms with Gasteiger partial charge in [0.1, 0.15) is 0 Å². The Kier molecular flexibility index (Phi) is 7.15. The van der Waals surface area contributed by atoms with Crippen molar-refractivity contribution in [2.45, 2.75) is 19.9 Å². The number of carbonyl (C=O) groups is 1. The van der Waals surface area contributed by atoms with Crippen molar-refractivity contribution in [3.05, 3.63) is 35.9 Å². The lowest BCUT2D eigenvalue weighted by Gasteiger charge is -2.24. The molecular formula is C15H24N2O2. The number of rotatable bonds is 8. The van der Waals surface area contributed by atoms with Crippen LogP contribution in [-0.2, 0) is 16.1 Å². The minimum Gasteiger partial charge on any atom is -0.469 e. The molecule has 1 atom stereocenters. The maximum Gasteiger partial charge on any atom is 0.309 e. The van der Waals surface area contributed by atoms with E-state index in [1.165, 1.54) is 12.7 Å². The molecule has 1 aromatic rings. The maximum absolute atomic E-state index is 11.5.